The number of aryl methyl sites for hydroxylation is 1. The first kappa shape index (κ1) is 24.9. The van der Waals surface area contributed by atoms with Crippen LogP contribution in [0.25, 0.3) is 0 Å². The summed E-state index contributed by atoms with van der Waals surface area (Å²) in [6.45, 7) is -0.0824. The molecule has 35 heavy (non-hydrogen) atoms. The number of aldehydes is 1. The number of nitriles is 1. The van der Waals surface area contributed by atoms with Gasteiger partial charge in [-0.05, 0) is 86.3 Å². The van der Waals surface area contributed by atoms with Crippen LogP contribution in [-0.2, 0) is 17.4 Å². The van der Waals surface area contributed by atoms with Gasteiger partial charge in [-0.3, -0.25) is 0 Å². The van der Waals surface area contributed by atoms with Crippen molar-refractivity contribution >= 4 is 35.0 Å². The van der Waals surface area contributed by atoms with E-state index in [1.165, 1.54) is 11.0 Å². The summed E-state index contributed by atoms with van der Waals surface area (Å²) >= 11 is 5.75. The van der Waals surface area contributed by atoms with Crippen molar-refractivity contribution in [1.82, 2.24) is 0 Å². The summed E-state index contributed by atoms with van der Waals surface area (Å²) < 4.78 is 46.4. The first-order valence-electron chi connectivity index (χ1n) is 11.2. The second kappa shape index (κ2) is 9.47. The quantitative estimate of drug-likeness (QED) is 0.472. The van der Waals surface area contributed by atoms with Gasteiger partial charge in [0, 0.05) is 18.4 Å². The monoisotopic (exact) mass is 503 g/mol. The van der Waals surface area contributed by atoms with Crippen molar-refractivity contribution in [2.45, 2.75) is 49.9 Å². The topological polar surface area (TPSA) is 76.8 Å². The average Bonchev–Trinajstić information content (AvgIpc) is 2.83. The Bertz CT molecular complexity index is 1190. The van der Waals surface area contributed by atoms with Crippen LogP contribution in [0.3, 0.4) is 0 Å². The van der Waals surface area contributed by atoms with Gasteiger partial charge in [-0.1, -0.05) is 0 Å². The highest BCUT2D eigenvalue weighted by Crippen LogP contribution is 2.42. The van der Waals surface area contributed by atoms with Gasteiger partial charge in [0.2, 0.25) is 0 Å². The molecule has 1 saturated carbocycles. The highest BCUT2D eigenvalue weighted by molar-refractivity contribution is 7.80. The molecule has 1 aliphatic carbocycles. The molecule has 0 amide bonds. The van der Waals surface area contributed by atoms with E-state index in [9.17, 15) is 23.1 Å². The summed E-state index contributed by atoms with van der Waals surface area (Å²) in [6.07, 6.45) is -0.865. The first-order valence-corrected chi connectivity index (χ1v) is 11.6. The van der Waals surface area contributed by atoms with Crippen LogP contribution >= 0.6 is 12.2 Å². The van der Waals surface area contributed by atoms with Gasteiger partial charge in [0.15, 0.2) is 5.11 Å². The number of halogens is 3. The molecule has 0 bridgehead atoms. The van der Waals surface area contributed by atoms with Crippen molar-refractivity contribution in [3.63, 3.8) is 0 Å². The number of rotatable bonds is 5. The summed E-state index contributed by atoms with van der Waals surface area (Å²) in [7, 11) is 1.54. The average molecular weight is 504 g/mol. The number of thiocarbonyl (C=S) groups is 1. The zero-order valence-electron chi connectivity index (χ0n) is 19.0. The molecule has 2 aromatic carbocycles. The zero-order valence-corrected chi connectivity index (χ0v) is 19.8. The van der Waals surface area contributed by atoms with Gasteiger partial charge in [0.1, 0.15) is 23.7 Å². The van der Waals surface area contributed by atoms with Crippen LogP contribution in [0.15, 0.2) is 36.4 Å². The molecule has 4 rings (SSSR count). The molecular formula is C25H24F3N3O3S. The second-order valence-corrected chi connectivity index (χ2v) is 9.21. The molecule has 6 nitrogen and oxygen atoms in total. The van der Waals surface area contributed by atoms with Crippen LogP contribution in [0.2, 0.25) is 0 Å². The molecule has 1 fully saturated rings. The molecule has 0 radical (unpaired) electrons. The fourth-order valence-corrected chi connectivity index (χ4v) is 4.92. The molecule has 10 heteroatoms. The van der Waals surface area contributed by atoms with E-state index in [1.54, 1.807) is 30.1 Å². The number of fused-ring (bicyclic) bond motifs is 1. The minimum Gasteiger partial charge on any atom is -0.488 e. The predicted octanol–water partition coefficient (Wildman–Crippen LogP) is 4.61. The van der Waals surface area contributed by atoms with Gasteiger partial charge in [0.25, 0.3) is 0 Å². The van der Waals surface area contributed by atoms with Crippen molar-refractivity contribution in [2.24, 2.45) is 0 Å². The molecule has 1 aliphatic heterocycles. The summed E-state index contributed by atoms with van der Waals surface area (Å²) in [5, 5.41) is 18.7. The Morgan fingerprint density at radius 3 is 2.57 bits per heavy atom. The molecule has 1 heterocycles. The Labute approximate surface area is 206 Å². The molecule has 2 aliphatic rings. The van der Waals surface area contributed by atoms with Gasteiger partial charge < -0.3 is 24.4 Å². The largest absolute Gasteiger partial charge is 0.488 e. The molecule has 1 atom stereocenters. The number of carbonyl (C=O) groups is 1. The lowest BCUT2D eigenvalue weighted by Gasteiger charge is -2.49. The number of ether oxygens (including phenoxy) is 1. The molecule has 2 aromatic rings. The number of hydrogen-bond donors (Lipinski definition) is 1. The van der Waals surface area contributed by atoms with Gasteiger partial charge in [0.05, 0.1) is 23.8 Å². The third-order valence-corrected chi connectivity index (χ3v) is 7.17. The number of anilines is 2. The Kier molecular flexibility index (Phi) is 6.75. The molecule has 184 valence electrons. The molecule has 0 spiro atoms. The zero-order chi connectivity index (χ0) is 25.4. The van der Waals surface area contributed by atoms with E-state index in [-0.39, 0.29) is 23.5 Å². The third-order valence-electron chi connectivity index (χ3n) is 6.71. The maximum Gasteiger partial charge on any atom is 0.417 e. The molecule has 0 saturated heterocycles. The third kappa shape index (κ3) is 4.58. The van der Waals surface area contributed by atoms with E-state index in [0.29, 0.717) is 37.1 Å². The maximum absolute atomic E-state index is 13.5. The number of carbonyl (C=O) groups excluding carboxylic acids is 1. The standard InChI is InChI=1S/C25H24F3N3O3S/c1-30(18-5-3-17(13-29)21(12-18)25(26,27)28)23(35)31(24(15-33)9-2-10-24)19-6-8-22-16(11-19)4-7-20(14-32)34-22/h3,5-6,8,11-12,15,20,32H,2,4,7,9-10,14H2,1H3. The predicted molar refractivity (Wildman–Crippen MR) is 129 cm³/mol. The van der Waals surface area contributed by atoms with E-state index < -0.39 is 22.8 Å². The van der Waals surface area contributed by atoms with Gasteiger partial charge in [-0.2, -0.15) is 18.4 Å². The number of hydrogen-bond acceptors (Lipinski definition) is 5. The van der Waals surface area contributed by atoms with Crippen LogP contribution in [0.4, 0.5) is 24.5 Å². The van der Waals surface area contributed by atoms with E-state index in [1.807, 2.05) is 6.07 Å². The highest BCUT2D eigenvalue weighted by Gasteiger charge is 2.46. The van der Waals surface area contributed by atoms with Crippen molar-refractivity contribution in [3.8, 4) is 11.8 Å². The van der Waals surface area contributed by atoms with Gasteiger partial charge in [-0.15, -0.1) is 0 Å². The number of nitrogens with zero attached hydrogens (tertiary/aromatic N) is 3. The smallest absolute Gasteiger partial charge is 0.417 e. The van der Waals surface area contributed by atoms with E-state index >= 15 is 0 Å². The SMILES string of the molecule is CN(C(=S)N(c1ccc2c(c1)CCC(CO)O2)C1(C=O)CCC1)c1ccc(C#N)c(C(F)(F)F)c1. The Morgan fingerprint density at radius 1 is 1.29 bits per heavy atom. The highest BCUT2D eigenvalue weighted by atomic mass is 32.1. The van der Waals surface area contributed by atoms with Crippen LogP contribution in [0, 0.1) is 11.3 Å². The van der Waals surface area contributed by atoms with Crippen molar-refractivity contribution < 1.29 is 27.8 Å². The van der Waals surface area contributed by atoms with E-state index in [0.717, 1.165) is 30.4 Å². The van der Waals surface area contributed by atoms with E-state index in [2.05, 4.69) is 0 Å². The first-order chi connectivity index (χ1) is 16.6. The molecule has 0 aromatic heterocycles. The molecule has 1 N–H and O–H groups in total. The molecule has 1 unspecified atom stereocenters. The number of alkyl halides is 3. The number of aliphatic hydroxyl groups excluding tert-OH is 1. The normalized spacial score (nSPS) is 18.3. The summed E-state index contributed by atoms with van der Waals surface area (Å²) in [4.78, 5) is 15.4. The van der Waals surface area contributed by atoms with Crippen LogP contribution in [-0.4, -0.2) is 41.8 Å². The van der Waals surface area contributed by atoms with Crippen molar-refractivity contribution in [1.29, 1.82) is 5.26 Å². The second-order valence-electron chi connectivity index (χ2n) is 8.84. The lowest BCUT2D eigenvalue weighted by molar-refractivity contribution is -0.137. The number of benzene rings is 2. The summed E-state index contributed by atoms with van der Waals surface area (Å²) in [6, 6.07) is 10.4. The van der Waals surface area contributed by atoms with Gasteiger partial charge >= 0.3 is 6.18 Å². The minimum absolute atomic E-state index is 0.0824. The number of aliphatic hydroxyl groups is 1. The van der Waals surface area contributed by atoms with Crippen molar-refractivity contribution in [2.75, 3.05) is 23.5 Å². The maximum atomic E-state index is 13.5. The van der Waals surface area contributed by atoms with Crippen LogP contribution in [0.1, 0.15) is 42.4 Å². The van der Waals surface area contributed by atoms with Crippen LogP contribution in [0.5, 0.6) is 5.75 Å². The van der Waals surface area contributed by atoms with E-state index in [4.69, 9.17) is 22.2 Å². The van der Waals surface area contributed by atoms with Gasteiger partial charge in [-0.25, -0.2) is 0 Å². The summed E-state index contributed by atoms with van der Waals surface area (Å²) in [5.74, 6) is 0.647. The Hall–Kier alpha value is -3.16. The summed E-state index contributed by atoms with van der Waals surface area (Å²) in [5.41, 5.74) is -0.724. The minimum atomic E-state index is -4.70. The Morgan fingerprint density at radius 2 is 2.00 bits per heavy atom. The molecular weight excluding hydrogens is 479 g/mol. The van der Waals surface area contributed by atoms with Crippen molar-refractivity contribution in [3.05, 3.63) is 53.1 Å². The van der Waals surface area contributed by atoms with Crippen LogP contribution < -0.4 is 14.5 Å². The fourth-order valence-electron chi connectivity index (χ4n) is 4.52. The fraction of sp³-hybridized carbons (Fsp3) is 0.400. The Balaban J connectivity index is 1.73. The lowest BCUT2D eigenvalue weighted by Crippen LogP contribution is -2.60. The lowest BCUT2D eigenvalue weighted by atomic mass is 9.76.